The molecule has 2 unspecified atom stereocenters. The van der Waals surface area contributed by atoms with Gasteiger partial charge in [0.1, 0.15) is 11.6 Å². The van der Waals surface area contributed by atoms with Gasteiger partial charge in [-0.3, -0.25) is 9.69 Å². The molecule has 10 heteroatoms. The SMILES string of the molecule is O=C(NCC(c1ccc(F)cc1)N1CCOCC1)C1CCCN(S(=O)(=O)c2ccc(F)cc2)C1. The van der Waals surface area contributed by atoms with E-state index in [4.69, 9.17) is 4.74 Å². The highest BCUT2D eigenvalue weighted by molar-refractivity contribution is 7.89. The minimum Gasteiger partial charge on any atom is -0.379 e. The summed E-state index contributed by atoms with van der Waals surface area (Å²) < 4.78 is 59.4. The van der Waals surface area contributed by atoms with E-state index in [2.05, 4.69) is 10.2 Å². The Balaban J connectivity index is 1.42. The number of ether oxygens (including phenoxy) is 1. The lowest BCUT2D eigenvalue weighted by atomic mass is 9.98. The van der Waals surface area contributed by atoms with Crippen LogP contribution in [0.1, 0.15) is 24.4 Å². The maximum Gasteiger partial charge on any atom is 0.243 e. The molecule has 34 heavy (non-hydrogen) atoms. The number of nitrogens with one attached hydrogen (secondary N) is 1. The molecule has 0 radical (unpaired) electrons. The van der Waals surface area contributed by atoms with Crippen molar-refractivity contribution in [2.45, 2.75) is 23.8 Å². The summed E-state index contributed by atoms with van der Waals surface area (Å²) in [5.74, 6) is -1.52. The van der Waals surface area contributed by atoms with Gasteiger partial charge in [-0.15, -0.1) is 0 Å². The molecular formula is C24H29F2N3O4S. The predicted molar refractivity (Wildman–Crippen MR) is 122 cm³/mol. The van der Waals surface area contributed by atoms with Crippen molar-refractivity contribution in [3.05, 3.63) is 65.7 Å². The van der Waals surface area contributed by atoms with Crippen molar-refractivity contribution in [1.82, 2.24) is 14.5 Å². The molecule has 0 saturated carbocycles. The van der Waals surface area contributed by atoms with Crippen LogP contribution in [0.15, 0.2) is 53.4 Å². The Morgan fingerprint density at radius 1 is 1.00 bits per heavy atom. The molecule has 2 heterocycles. The van der Waals surface area contributed by atoms with E-state index in [9.17, 15) is 22.0 Å². The first-order chi connectivity index (χ1) is 16.3. The van der Waals surface area contributed by atoms with Crippen molar-refractivity contribution in [2.24, 2.45) is 5.92 Å². The van der Waals surface area contributed by atoms with E-state index in [1.54, 1.807) is 12.1 Å². The molecule has 2 aliphatic heterocycles. The number of halogens is 2. The van der Waals surface area contributed by atoms with Gasteiger partial charge < -0.3 is 10.1 Å². The topological polar surface area (TPSA) is 79.0 Å². The molecule has 2 atom stereocenters. The van der Waals surface area contributed by atoms with Gasteiger partial charge in [0.2, 0.25) is 15.9 Å². The molecule has 2 saturated heterocycles. The maximum absolute atomic E-state index is 13.4. The Labute approximate surface area is 198 Å². The van der Waals surface area contributed by atoms with Crippen LogP contribution in [0.25, 0.3) is 0 Å². The Morgan fingerprint density at radius 2 is 1.62 bits per heavy atom. The molecule has 0 aromatic heterocycles. The number of benzene rings is 2. The third-order valence-electron chi connectivity index (χ3n) is 6.42. The average Bonchev–Trinajstić information content (AvgIpc) is 2.86. The van der Waals surface area contributed by atoms with Gasteiger partial charge in [0.05, 0.1) is 30.1 Å². The number of amides is 1. The summed E-state index contributed by atoms with van der Waals surface area (Å²) in [5.41, 5.74) is 0.896. The molecular weight excluding hydrogens is 464 g/mol. The van der Waals surface area contributed by atoms with E-state index in [0.29, 0.717) is 52.2 Å². The molecule has 0 bridgehead atoms. The highest BCUT2D eigenvalue weighted by Crippen LogP contribution is 2.25. The zero-order valence-corrected chi connectivity index (χ0v) is 19.6. The third kappa shape index (κ3) is 5.80. The number of morpholine rings is 1. The van der Waals surface area contributed by atoms with E-state index in [1.807, 2.05) is 0 Å². The zero-order chi connectivity index (χ0) is 24.1. The van der Waals surface area contributed by atoms with Crippen molar-refractivity contribution in [1.29, 1.82) is 0 Å². The molecule has 2 fully saturated rings. The van der Waals surface area contributed by atoms with Crippen molar-refractivity contribution < 1.29 is 26.7 Å². The van der Waals surface area contributed by atoms with Crippen LogP contribution in [0, 0.1) is 17.6 Å². The molecule has 4 rings (SSSR count). The highest BCUT2D eigenvalue weighted by Gasteiger charge is 2.34. The first-order valence-electron chi connectivity index (χ1n) is 11.5. The summed E-state index contributed by atoms with van der Waals surface area (Å²) in [7, 11) is -3.81. The largest absolute Gasteiger partial charge is 0.379 e. The summed E-state index contributed by atoms with van der Waals surface area (Å²) in [5, 5.41) is 3.00. The predicted octanol–water partition coefficient (Wildman–Crippen LogP) is 2.56. The Bertz CT molecular complexity index is 1070. The van der Waals surface area contributed by atoms with Gasteiger partial charge in [0, 0.05) is 32.7 Å². The lowest BCUT2D eigenvalue weighted by Crippen LogP contribution is -2.48. The van der Waals surface area contributed by atoms with Crippen LogP contribution in [0.5, 0.6) is 0 Å². The molecule has 2 aromatic rings. The monoisotopic (exact) mass is 493 g/mol. The highest BCUT2D eigenvalue weighted by atomic mass is 32.2. The second-order valence-electron chi connectivity index (χ2n) is 8.62. The number of carbonyl (C=O) groups is 1. The van der Waals surface area contributed by atoms with E-state index < -0.39 is 21.8 Å². The van der Waals surface area contributed by atoms with Crippen molar-refractivity contribution in [3.8, 4) is 0 Å². The van der Waals surface area contributed by atoms with Crippen LogP contribution in [0.4, 0.5) is 8.78 Å². The number of sulfonamides is 1. The average molecular weight is 494 g/mol. The molecule has 2 aromatic carbocycles. The van der Waals surface area contributed by atoms with Crippen molar-refractivity contribution >= 4 is 15.9 Å². The Hall–Kier alpha value is -2.40. The van der Waals surface area contributed by atoms with Crippen molar-refractivity contribution in [2.75, 3.05) is 45.9 Å². The van der Waals surface area contributed by atoms with Crippen molar-refractivity contribution in [3.63, 3.8) is 0 Å². The fourth-order valence-electron chi connectivity index (χ4n) is 4.50. The number of piperidine rings is 1. The van der Waals surface area contributed by atoms with Gasteiger partial charge in [-0.2, -0.15) is 4.31 Å². The summed E-state index contributed by atoms with van der Waals surface area (Å²) in [6.45, 7) is 3.29. The number of hydrogen-bond donors (Lipinski definition) is 1. The van der Waals surface area contributed by atoms with Crippen LogP contribution in [0.3, 0.4) is 0 Å². The third-order valence-corrected chi connectivity index (χ3v) is 8.30. The molecule has 2 aliphatic rings. The number of carbonyl (C=O) groups excluding carboxylic acids is 1. The second kappa shape index (κ2) is 10.9. The molecule has 1 N–H and O–H groups in total. The van der Waals surface area contributed by atoms with Gasteiger partial charge in [-0.25, -0.2) is 17.2 Å². The minimum absolute atomic E-state index is 0.0126. The second-order valence-corrected chi connectivity index (χ2v) is 10.6. The smallest absolute Gasteiger partial charge is 0.243 e. The van der Waals surface area contributed by atoms with Crippen LogP contribution >= 0.6 is 0 Å². The van der Waals surface area contributed by atoms with Crippen LogP contribution in [-0.4, -0.2) is 69.5 Å². The van der Waals surface area contributed by atoms with E-state index in [-0.39, 0.29) is 29.2 Å². The minimum atomic E-state index is -3.81. The Kier molecular flexibility index (Phi) is 7.92. The fourth-order valence-corrected chi connectivity index (χ4v) is 6.03. The molecule has 1 amide bonds. The van der Waals surface area contributed by atoms with Gasteiger partial charge in [-0.05, 0) is 54.8 Å². The first-order valence-corrected chi connectivity index (χ1v) is 12.9. The standard InChI is InChI=1S/C24H29F2N3O4S/c25-20-5-3-18(4-6-20)23(28-12-14-33-15-13-28)16-27-24(30)19-2-1-11-29(17-19)34(31,32)22-9-7-21(26)8-10-22/h3-10,19,23H,1-2,11-17H2,(H,27,30). The molecule has 0 spiro atoms. The first kappa shape index (κ1) is 24.7. The van der Waals surface area contributed by atoms with Crippen LogP contribution in [0.2, 0.25) is 0 Å². The molecule has 184 valence electrons. The lowest BCUT2D eigenvalue weighted by molar-refractivity contribution is -0.126. The summed E-state index contributed by atoms with van der Waals surface area (Å²) in [6.07, 6.45) is 1.14. The maximum atomic E-state index is 13.4. The summed E-state index contributed by atoms with van der Waals surface area (Å²) in [4.78, 5) is 15.2. The lowest BCUT2D eigenvalue weighted by Gasteiger charge is -2.36. The summed E-state index contributed by atoms with van der Waals surface area (Å²) >= 11 is 0. The van der Waals surface area contributed by atoms with E-state index >= 15 is 0 Å². The molecule has 0 aliphatic carbocycles. The van der Waals surface area contributed by atoms with Crippen LogP contribution < -0.4 is 5.32 Å². The normalized spacial score (nSPS) is 21.2. The Morgan fingerprint density at radius 3 is 2.26 bits per heavy atom. The zero-order valence-electron chi connectivity index (χ0n) is 18.8. The van der Waals surface area contributed by atoms with Gasteiger partial charge in [-0.1, -0.05) is 12.1 Å². The fraction of sp³-hybridized carbons (Fsp3) is 0.458. The number of rotatable bonds is 7. The van der Waals surface area contributed by atoms with E-state index in [0.717, 1.165) is 17.7 Å². The quantitative estimate of drug-likeness (QED) is 0.642. The summed E-state index contributed by atoms with van der Waals surface area (Å²) in [6, 6.07) is 10.8. The molecule has 7 nitrogen and oxygen atoms in total. The number of hydrogen-bond acceptors (Lipinski definition) is 5. The van der Waals surface area contributed by atoms with Gasteiger partial charge in [0.15, 0.2) is 0 Å². The number of nitrogens with zero attached hydrogens (tertiary/aromatic N) is 2. The van der Waals surface area contributed by atoms with Crippen LogP contribution in [-0.2, 0) is 19.6 Å². The van der Waals surface area contributed by atoms with Gasteiger partial charge in [0.25, 0.3) is 0 Å². The van der Waals surface area contributed by atoms with Gasteiger partial charge >= 0.3 is 0 Å². The van der Waals surface area contributed by atoms with E-state index in [1.165, 1.54) is 28.6 Å².